The molecule has 6 nitrogen and oxygen atoms in total. The molecule has 0 aliphatic rings. The largest absolute Gasteiger partial charge is 0.334 e. The van der Waals surface area contributed by atoms with Crippen LogP contribution in [0.5, 0.6) is 0 Å². The molecule has 0 aliphatic heterocycles. The maximum absolute atomic E-state index is 13.5. The SMILES string of the molecule is CC(C)(CN)CN(Cc1cccc(NC(=O)c2cccc(F)c2)c1)C(=O)c1ccc(C#N)cc1. The molecule has 0 aliphatic carbocycles. The highest BCUT2D eigenvalue weighted by molar-refractivity contribution is 6.04. The summed E-state index contributed by atoms with van der Waals surface area (Å²) < 4.78 is 13.5. The minimum atomic E-state index is -0.485. The zero-order valence-corrected chi connectivity index (χ0v) is 19.2. The number of hydrogen-bond acceptors (Lipinski definition) is 4. The number of nitrogens with two attached hydrogens (primary N) is 1. The van der Waals surface area contributed by atoms with Crippen molar-refractivity contribution in [3.63, 3.8) is 0 Å². The molecular weight excluding hydrogens is 431 g/mol. The fourth-order valence-electron chi connectivity index (χ4n) is 3.45. The summed E-state index contributed by atoms with van der Waals surface area (Å²) in [6.45, 7) is 5.09. The van der Waals surface area contributed by atoms with Gasteiger partial charge in [-0.2, -0.15) is 5.26 Å². The van der Waals surface area contributed by atoms with Crippen molar-refractivity contribution in [3.05, 3.63) is 101 Å². The zero-order valence-electron chi connectivity index (χ0n) is 19.2. The van der Waals surface area contributed by atoms with Gasteiger partial charge in [0.2, 0.25) is 0 Å². The van der Waals surface area contributed by atoms with Crippen LogP contribution >= 0.6 is 0 Å². The first kappa shape index (κ1) is 24.6. The van der Waals surface area contributed by atoms with Gasteiger partial charge in [0.25, 0.3) is 11.8 Å². The maximum atomic E-state index is 13.5. The fourth-order valence-corrected chi connectivity index (χ4v) is 3.45. The molecule has 34 heavy (non-hydrogen) atoms. The quantitative estimate of drug-likeness (QED) is 0.516. The lowest BCUT2D eigenvalue weighted by atomic mass is 9.92. The van der Waals surface area contributed by atoms with Crippen molar-refractivity contribution in [2.75, 3.05) is 18.4 Å². The number of amides is 2. The second-order valence-electron chi connectivity index (χ2n) is 8.88. The molecule has 174 valence electrons. The van der Waals surface area contributed by atoms with Crippen molar-refractivity contribution in [2.24, 2.45) is 11.1 Å². The zero-order chi connectivity index (χ0) is 24.7. The average molecular weight is 459 g/mol. The van der Waals surface area contributed by atoms with E-state index in [0.717, 1.165) is 5.56 Å². The number of benzene rings is 3. The molecule has 0 saturated carbocycles. The molecule has 3 N–H and O–H groups in total. The van der Waals surface area contributed by atoms with E-state index in [1.165, 1.54) is 24.3 Å². The Bertz CT molecular complexity index is 1220. The molecular formula is C27H27FN4O2. The molecule has 0 saturated heterocycles. The predicted molar refractivity (Wildman–Crippen MR) is 130 cm³/mol. The molecule has 0 fully saturated rings. The van der Waals surface area contributed by atoms with E-state index >= 15 is 0 Å². The molecule has 7 heteroatoms. The summed E-state index contributed by atoms with van der Waals surface area (Å²) in [4.78, 5) is 27.5. The summed E-state index contributed by atoms with van der Waals surface area (Å²) in [5.41, 5.74) is 8.13. The second kappa shape index (κ2) is 10.7. The fraction of sp³-hybridized carbons (Fsp3) is 0.222. The second-order valence-corrected chi connectivity index (χ2v) is 8.88. The molecule has 3 aromatic carbocycles. The Morgan fingerprint density at radius 2 is 1.74 bits per heavy atom. The van der Waals surface area contributed by atoms with Gasteiger partial charge in [-0.3, -0.25) is 9.59 Å². The Morgan fingerprint density at radius 3 is 2.38 bits per heavy atom. The Labute approximate surface area is 198 Å². The van der Waals surface area contributed by atoms with Crippen LogP contribution in [0.3, 0.4) is 0 Å². The van der Waals surface area contributed by atoms with E-state index in [0.29, 0.717) is 36.4 Å². The van der Waals surface area contributed by atoms with Gasteiger partial charge in [-0.15, -0.1) is 0 Å². The molecule has 3 aromatic rings. The summed E-state index contributed by atoms with van der Waals surface area (Å²) in [6.07, 6.45) is 0. The standard InChI is InChI=1S/C27H27FN4O2/c1-27(2,17-30)18-32(26(34)21-11-9-19(15-29)10-12-21)16-20-5-3-8-24(13-20)31-25(33)22-6-4-7-23(28)14-22/h3-14H,16-18,30H2,1-2H3,(H,31,33). The van der Waals surface area contributed by atoms with E-state index in [1.54, 1.807) is 47.4 Å². The van der Waals surface area contributed by atoms with Crippen molar-refractivity contribution in [3.8, 4) is 6.07 Å². The third-order valence-electron chi connectivity index (χ3n) is 5.36. The van der Waals surface area contributed by atoms with Gasteiger partial charge in [-0.1, -0.05) is 32.0 Å². The molecule has 3 rings (SSSR count). The summed E-state index contributed by atoms with van der Waals surface area (Å²) in [5, 5.41) is 11.8. The van der Waals surface area contributed by atoms with E-state index in [-0.39, 0.29) is 16.9 Å². The molecule has 0 heterocycles. The number of hydrogen-bond donors (Lipinski definition) is 2. The van der Waals surface area contributed by atoms with Crippen LogP contribution in [0.15, 0.2) is 72.8 Å². The molecule has 0 bridgehead atoms. The maximum Gasteiger partial charge on any atom is 0.255 e. The number of carbonyl (C=O) groups is 2. The lowest BCUT2D eigenvalue weighted by Gasteiger charge is -2.32. The monoisotopic (exact) mass is 458 g/mol. The number of nitrogens with zero attached hydrogens (tertiary/aromatic N) is 2. The summed E-state index contributed by atoms with van der Waals surface area (Å²) in [5.74, 6) is -1.09. The lowest BCUT2D eigenvalue weighted by molar-refractivity contribution is 0.0673. The first-order valence-electron chi connectivity index (χ1n) is 10.9. The summed E-state index contributed by atoms with van der Waals surface area (Å²) >= 11 is 0. The van der Waals surface area contributed by atoms with Crippen molar-refractivity contribution in [1.29, 1.82) is 5.26 Å². The van der Waals surface area contributed by atoms with Gasteiger partial charge in [0.05, 0.1) is 11.6 Å². The van der Waals surface area contributed by atoms with E-state index in [1.807, 2.05) is 26.0 Å². The van der Waals surface area contributed by atoms with Crippen molar-refractivity contribution >= 4 is 17.5 Å². The normalized spacial score (nSPS) is 10.9. The van der Waals surface area contributed by atoms with Crippen molar-refractivity contribution in [2.45, 2.75) is 20.4 Å². The Hall–Kier alpha value is -4.02. The number of rotatable bonds is 8. The third-order valence-corrected chi connectivity index (χ3v) is 5.36. The first-order valence-corrected chi connectivity index (χ1v) is 10.9. The van der Waals surface area contributed by atoms with E-state index in [4.69, 9.17) is 11.0 Å². The van der Waals surface area contributed by atoms with Gasteiger partial charge >= 0.3 is 0 Å². The van der Waals surface area contributed by atoms with Crippen LogP contribution < -0.4 is 11.1 Å². The third kappa shape index (κ3) is 6.50. The van der Waals surface area contributed by atoms with Crippen LogP contribution in [0.4, 0.5) is 10.1 Å². The van der Waals surface area contributed by atoms with E-state index in [2.05, 4.69) is 5.32 Å². The minimum Gasteiger partial charge on any atom is -0.334 e. The van der Waals surface area contributed by atoms with Crippen LogP contribution in [-0.2, 0) is 6.54 Å². The number of anilines is 1. The lowest BCUT2D eigenvalue weighted by Crippen LogP contribution is -2.41. The predicted octanol–water partition coefficient (Wildman–Crippen LogP) is 4.58. The highest BCUT2D eigenvalue weighted by atomic mass is 19.1. The molecule has 2 amide bonds. The van der Waals surface area contributed by atoms with Crippen LogP contribution in [0.25, 0.3) is 0 Å². The van der Waals surface area contributed by atoms with Gasteiger partial charge in [0.1, 0.15) is 5.82 Å². The molecule has 0 spiro atoms. The topological polar surface area (TPSA) is 99.2 Å². The first-order chi connectivity index (χ1) is 16.2. The molecule has 0 aromatic heterocycles. The van der Waals surface area contributed by atoms with Crippen LogP contribution in [0.1, 0.15) is 45.7 Å². The highest BCUT2D eigenvalue weighted by Crippen LogP contribution is 2.21. The molecule has 0 atom stereocenters. The average Bonchev–Trinajstić information content (AvgIpc) is 2.83. The Balaban J connectivity index is 1.82. The molecule has 0 radical (unpaired) electrons. The number of nitrogens with one attached hydrogen (secondary N) is 1. The van der Waals surface area contributed by atoms with Gasteiger partial charge in [0.15, 0.2) is 0 Å². The summed E-state index contributed by atoms with van der Waals surface area (Å²) in [7, 11) is 0. The van der Waals surface area contributed by atoms with E-state index < -0.39 is 11.7 Å². The highest BCUT2D eigenvalue weighted by Gasteiger charge is 2.25. The van der Waals surface area contributed by atoms with Crippen LogP contribution in [0.2, 0.25) is 0 Å². The van der Waals surface area contributed by atoms with Crippen LogP contribution in [-0.4, -0.2) is 29.8 Å². The van der Waals surface area contributed by atoms with E-state index in [9.17, 15) is 14.0 Å². The summed E-state index contributed by atoms with van der Waals surface area (Å²) in [6, 6.07) is 21.2. The smallest absolute Gasteiger partial charge is 0.255 e. The number of halogens is 1. The van der Waals surface area contributed by atoms with Gasteiger partial charge < -0.3 is 16.0 Å². The van der Waals surface area contributed by atoms with Crippen molar-refractivity contribution < 1.29 is 14.0 Å². The molecule has 0 unspecified atom stereocenters. The number of nitriles is 1. The Morgan fingerprint density at radius 1 is 1.03 bits per heavy atom. The minimum absolute atomic E-state index is 0.180. The van der Waals surface area contributed by atoms with Crippen molar-refractivity contribution in [1.82, 2.24) is 4.90 Å². The van der Waals surface area contributed by atoms with Gasteiger partial charge in [-0.25, -0.2) is 4.39 Å². The van der Waals surface area contributed by atoms with Gasteiger partial charge in [-0.05, 0) is 72.1 Å². The van der Waals surface area contributed by atoms with Crippen LogP contribution in [0, 0.1) is 22.6 Å². The Kier molecular flexibility index (Phi) is 7.77. The van der Waals surface area contributed by atoms with Gasteiger partial charge in [0, 0.05) is 29.9 Å². The number of carbonyl (C=O) groups excluding carboxylic acids is 2.